The predicted octanol–water partition coefficient (Wildman–Crippen LogP) is 4.53. The molecule has 2 aromatic heterocycles. The van der Waals surface area contributed by atoms with Crippen LogP contribution in [0.25, 0.3) is 0 Å². The Morgan fingerprint density at radius 2 is 1.78 bits per heavy atom. The Hall–Kier alpha value is -2.36. The van der Waals surface area contributed by atoms with Crippen molar-refractivity contribution in [1.82, 2.24) is 25.6 Å². The highest BCUT2D eigenvalue weighted by Crippen LogP contribution is 2.17. The van der Waals surface area contributed by atoms with E-state index in [1.807, 2.05) is 6.07 Å². The van der Waals surface area contributed by atoms with Gasteiger partial charge in [0.15, 0.2) is 5.96 Å². The molecular formula is C24H35IN6O. The number of aryl methyl sites for hydroxylation is 3. The molecule has 0 aliphatic carbocycles. The van der Waals surface area contributed by atoms with Gasteiger partial charge in [-0.15, -0.1) is 24.0 Å². The normalized spacial score (nSPS) is 11.3. The van der Waals surface area contributed by atoms with E-state index in [0.717, 1.165) is 54.6 Å². The number of guanidine groups is 1. The summed E-state index contributed by atoms with van der Waals surface area (Å²) in [7, 11) is 0. The first-order chi connectivity index (χ1) is 15.1. The predicted molar refractivity (Wildman–Crippen MR) is 140 cm³/mol. The number of aliphatic imine (C=N–C) groups is 1. The van der Waals surface area contributed by atoms with Crippen LogP contribution in [-0.4, -0.2) is 27.4 Å². The molecule has 2 N–H and O–H groups in total. The Balaban J connectivity index is 0.00000363. The molecule has 32 heavy (non-hydrogen) atoms. The van der Waals surface area contributed by atoms with Crippen molar-refractivity contribution in [3.8, 4) is 0 Å². The number of hydrogen-bond donors (Lipinski definition) is 2. The molecule has 7 nitrogen and oxygen atoms in total. The van der Waals surface area contributed by atoms with E-state index in [4.69, 9.17) is 14.6 Å². The molecule has 0 fully saturated rings. The van der Waals surface area contributed by atoms with Crippen molar-refractivity contribution in [3.05, 3.63) is 69.9 Å². The lowest BCUT2D eigenvalue weighted by molar-refractivity contribution is 0.380. The third-order valence-corrected chi connectivity index (χ3v) is 5.49. The summed E-state index contributed by atoms with van der Waals surface area (Å²) in [4.78, 5) is 4.79. The van der Waals surface area contributed by atoms with Crippen LogP contribution in [0.4, 0.5) is 0 Å². The number of halogens is 1. The molecule has 174 valence electrons. The van der Waals surface area contributed by atoms with Crippen LogP contribution in [0.5, 0.6) is 0 Å². The smallest absolute Gasteiger partial charge is 0.191 e. The van der Waals surface area contributed by atoms with Gasteiger partial charge in [-0.3, -0.25) is 4.68 Å². The van der Waals surface area contributed by atoms with E-state index in [0.29, 0.717) is 13.1 Å². The maximum atomic E-state index is 5.47. The lowest BCUT2D eigenvalue weighted by Crippen LogP contribution is -2.37. The van der Waals surface area contributed by atoms with Crippen molar-refractivity contribution in [2.24, 2.45) is 4.99 Å². The largest absolute Gasteiger partial charge is 0.361 e. The van der Waals surface area contributed by atoms with Gasteiger partial charge in [-0.25, -0.2) is 4.99 Å². The Kier molecular flexibility index (Phi) is 10.2. The standard InChI is InChI=1S/C24H34N6O.HI/c1-6-22-21(23(7-2)31-29-22)15-27-24(25-8-3)26-14-20-17(4)28-30(18(20)5)16-19-12-10-9-11-13-19;/h9-13H,6-8,14-16H2,1-5H3,(H2,25,26,27);1H. The zero-order valence-electron chi connectivity index (χ0n) is 19.7. The van der Waals surface area contributed by atoms with Crippen LogP contribution >= 0.6 is 24.0 Å². The van der Waals surface area contributed by atoms with Crippen molar-refractivity contribution >= 4 is 29.9 Å². The zero-order valence-corrected chi connectivity index (χ0v) is 22.1. The van der Waals surface area contributed by atoms with E-state index < -0.39 is 0 Å². The lowest BCUT2D eigenvalue weighted by Gasteiger charge is -2.12. The Morgan fingerprint density at radius 3 is 2.44 bits per heavy atom. The molecular weight excluding hydrogens is 515 g/mol. The SMILES string of the molecule is CCNC(=NCc1c(CC)noc1CC)NCc1c(C)nn(Cc2ccccc2)c1C.I. The van der Waals surface area contributed by atoms with E-state index in [9.17, 15) is 0 Å². The van der Waals surface area contributed by atoms with E-state index in [1.165, 1.54) is 16.8 Å². The van der Waals surface area contributed by atoms with Crippen LogP contribution in [0.2, 0.25) is 0 Å². The summed E-state index contributed by atoms with van der Waals surface area (Å²) in [5.41, 5.74) is 6.75. The van der Waals surface area contributed by atoms with Crippen molar-refractivity contribution < 1.29 is 4.52 Å². The summed E-state index contributed by atoms with van der Waals surface area (Å²) in [5, 5.41) is 15.7. The molecule has 0 unspecified atom stereocenters. The molecule has 0 bridgehead atoms. The molecule has 8 heteroatoms. The number of aromatic nitrogens is 3. The molecule has 3 rings (SSSR count). The van der Waals surface area contributed by atoms with Crippen molar-refractivity contribution in [3.63, 3.8) is 0 Å². The van der Waals surface area contributed by atoms with Crippen molar-refractivity contribution in [2.75, 3.05) is 6.54 Å². The molecule has 2 heterocycles. The third kappa shape index (κ3) is 6.34. The fourth-order valence-corrected chi connectivity index (χ4v) is 3.69. The molecule has 3 aromatic rings. The van der Waals surface area contributed by atoms with Gasteiger partial charge in [0, 0.05) is 36.3 Å². The maximum Gasteiger partial charge on any atom is 0.191 e. The van der Waals surface area contributed by atoms with Gasteiger partial charge in [0.05, 0.1) is 24.5 Å². The highest BCUT2D eigenvalue weighted by molar-refractivity contribution is 14.0. The van der Waals surface area contributed by atoms with Gasteiger partial charge in [0.2, 0.25) is 0 Å². The fraction of sp³-hybridized carbons (Fsp3) is 0.458. The third-order valence-electron chi connectivity index (χ3n) is 5.49. The number of benzene rings is 1. The second kappa shape index (κ2) is 12.6. The van der Waals surface area contributed by atoms with Crippen molar-refractivity contribution in [2.45, 2.75) is 67.1 Å². The maximum absolute atomic E-state index is 5.47. The molecule has 0 amide bonds. The zero-order chi connectivity index (χ0) is 22.2. The summed E-state index contributed by atoms with van der Waals surface area (Å²) < 4.78 is 7.54. The van der Waals surface area contributed by atoms with Gasteiger partial charge < -0.3 is 15.2 Å². The van der Waals surface area contributed by atoms with E-state index in [1.54, 1.807) is 0 Å². The van der Waals surface area contributed by atoms with Crippen molar-refractivity contribution in [1.29, 1.82) is 0 Å². The lowest BCUT2D eigenvalue weighted by atomic mass is 10.1. The Morgan fingerprint density at radius 1 is 1.03 bits per heavy atom. The molecule has 0 saturated carbocycles. The fourth-order valence-electron chi connectivity index (χ4n) is 3.69. The Bertz CT molecular complexity index is 988. The molecule has 0 saturated heterocycles. The average molecular weight is 550 g/mol. The van der Waals surface area contributed by atoms with Gasteiger partial charge in [0.25, 0.3) is 0 Å². The number of rotatable bonds is 9. The number of hydrogen-bond acceptors (Lipinski definition) is 4. The Labute approximate surface area is 208 Å². The number of nitrogens with one attached hydrogen (secondary N) is 2. The number of nitrogens with zero attached hydrogens (tertiary/aromatic N) is 4. The molecule has 0 radical (unpaired) electrons. The topological polar surface area (TPSA) is 80.3 Å². The summed E-state index contributed by atoms with van der Waals surface area (Å²) >= 11 is 0. The minimum absolute atomic E-state index is 0. The van der Waals surface area contributed by atoms with Gasteiger partial charge in [-0.05, 0) is 32.8 Å². The first-order valence-corrected chi connectivity index (χ1v) is 11.1. The van der Waals surface area contributed by atoms with Crippen LogP contribution in [-0.2, 0) is 32.5 Å². The van der Waals surface area contributed by atoms with Gasteiger partial charge in [-0.1, -0.05) is 49.3 Å². The summed E-state index contributed by atoms with van der Waals surface area (Å²) in [6.45, 7) is 13.2. The summed E-state index contributed by atoms with van der Waals surface area (Å²) in [6, 6.07) is 10.4. The molecule has 0 atom stereocenters. The van der Waals surface area contributed by atoms with Crippen LogP contribution < -0.4 is 10.6 Å². The van der Waals surface area contributed by atoms with Crippen LogP contribution in [0.3, 0.4) is 0 Å². The minimum Gasteiger partial charge on any atom is -0.361 e. The summed E-state index contributed by atoms with van der Waals surface area (Å²) in [6.07, 6.45) is 1.66. The van der Waals surface area contributed by atoms with Crippen LogP contribution in [0.15, 0.2) is 39.8 Å². The minimum atomic E-state index is 0. The quantitative estimate of drug-likeness (QED) is 0.233. The van der Waals surface area contributed by atoms with Crippen LogP contribution in [0.1, 0.15) is 60.3 Å². The monoisotopic (exact) mass is 550 g/mol. The summed E-state index contributed by atoms with van der Waals surface area (Å²) in [5.74, 6) is 1.70. The van der Waals surface area contributed by atoms with Crippen LogP contribution in [0, 0.1) is 13.8 Å². The van der Waals surface area contributed by atoms with Gasteiger partial charge >= 0.3 is 0 Å². The molecule has 0 aliphatic heterocycles. The van der Waals surface area contributed by atoms with Gasteiger partial charge in [0.1, 0.15) is 5.76 Å². The molecule has 0 spiro atoms. The highest BCUT2D eigenvalue weighted by atomic mass is 127. The van der Waals surface area contributed by atoms with E-state index in [-0.39, 0.29) is 24.0 Å². The van der Waals surface area contributed by atoms with E-state index >= 15 is 0 Å². The molecule has 0 aliphatic rings. The highest BCUT2D eigenvalue weighted by Gasteiger charge is 2.14. The van der Waals surface area contributed by atoms with E-state index in [2.05, 4.69) is 79.4 Å². The van der Waals surface area contributed by atoms with Gasteiger partial charge in [-0.2, -0.15) is 5.10 Å². The first kappa shape index (κ1) is 25.9. The average Bonchev–Trinajstić information content (AvgIpc) is 3.30. The second-order valence-electron chi connectivity index (χ2n) is 7.58. The molecule has 1 aromatic carbocycles. The second-order valence-corrected chi connectivity index (χ2v) is 7.58. The first-order valence-electron chi connectivity index (χ1n) is 11.1.